The van der Waals surface area contributed by atoms with E-state index < -0.39 is 11.7 Å². The van der Waals surface area contributed by atoms with E-state index >= 15 is 0 Å². The molecule has 1 atom stereocenters. The number of pyridine rings is 1. The van der Waals surface area contributed by atoms with Crippen LogP contribution in [0.25, 0.3) is 0 Å². The summed E-state index contributed by atoms with van der Waals surface area (Å²) >= 11 is 0. The summed E-state index contributed by atoms with van der Waals surface area (Å²) in [6.07, 6.45) is 3.03. The van der Waals surface area contributed by atoms with Gasteiger partial charge in [0, 0.05) is 25.3 Å². The highest BCUT2D eigenvalue weighted by Gasteiger charge is 2.43. The third kappa shape index (κ3) is 3.43. The van der Waals surface area contributed by atoms with Crippen molar-refractivity contribution < 1.29 is 18.0 Å². The SMILES string of the molecule is O=CN1CCC2(CCC2)CC1CNc1ccc(C(F)(F)F)cn1. The van der Waals surface area contributed by atoms with Crippen LogP contribution in [0.3, 0.4) is 0 Å². The molecule has 1 aliphatic carbocycles. The lowest BCUT2D eigenvalue weighted by Gasteiger charge is -2.50. The van der Waals surface area contributed by atoms with Crippen LogP contribution in [0.15, 0.2) is 18.3 Å². The monoisotopic (exact) mass is 327 g/mol. The van der Waals surface area contributed by atoms with Crippen LogP contribution in [-0.2, 0) is 11.0 Å². The van der Waals surface area contributed by atoms with Crippen LogP contribution in [0.2, 0.25) is 0 Å². The van der Waals surface area contributed by atoms with Gasteiger partial charge in [-0.05, 0) is 43.2 Å². The number of halogens is 3. The average Bonchev–Trinajstić information content (AvgIpc) is 2.50. The molecule has 0 bridgehead atoms. The fourth-order valence-electron chi connectivity index (χ4n) is 3.62. The van der Waals surface area contributed by atoms with Gasteiger partial charge in [-0.25, -0.2) is 4.98 Å². The maximum absolute atomic E-state index is 12.5. The molecule has 1 N–H and O–H groups in total. The highest BCUT2D eigenvalue weighted by Crippen LogP contribution is 2.50. The molecule has 1 amide bonds. The minimum absolute atomic E-state index is 0.0747. The lowest BCUT2D eigenvalue weighted by atomic mass is 9.61. The van der Waals surface area contributed by atoms with Crippen molar-refractivity contribution >= 4 is 12.2 Å². The molecule has 1 aromatic heterocycles. The Hall–Kier alpha value is -1.79. The number of aromatic nitrogens is 1. The first-order valence-electron chi connectivity index (χ1n) is 7.90. The van der Waals surface area contributed by atoms with Gasteiger partial charge in [0.15, 0.2) is 0 Å². The Morgan fingerprint density at radius 2 is 2.13 bits per heavy atom. The van der Waals surface area contributed by atoms with E-state index in [-0.39, 0.29) is 6.04 Å². The lowest BCUT2D eigenvalue weighted by molar-refractivity contribution is -0.137. The predicted octanol–water partition coefficient (Wildman–Crippen LogP) is 3.30. The van der Waals surface area contributed by atoms with Crippen molar-refractivity contribution in [2.24, 2.45) is 5.41 Å². The summed E-state index contributed by atoms with van der Waals surface area (Å²) in [4.78, 5) is 16.8. The molecule has 7 heteroatoms. The van der Waals surface area contributed by atoms with Gasteiger partial charge in [-0.15, -0.1) is 0 Å². The van der Waals surface area contributed by atoms with Gasteiger partial charge in [-0.2, -0.15) is 13.2 Å². The molecule has 1 aliphatic heterocycles. The van der Waals surface area contributed by atoms with Crippen LogP contribution >= 0.6 is 0 Å². The number of alkyl halides is 3. The van der Waals surface area contributed by atoms with E-state index in [4.69, 9.17) is 0 Å². The lowest BCUT2D eigenvalue weighted by Crippen LogP contribution is -2.51. The molecule has 1 spiro atoms. The van der Waals surface area contributed by atoms with Crippen molar-refractivity contribution in [1.82, 2.24) is 9.88 Å². The molecule has 4 nitrogen and oxygen atoms in total. The maximum Gasteiger partial charge on any atom is 0.417 e. The molecule has 1 saturated carbocycles. The highest BCUT2D eigenvalue weighted by atomic mass is 19.4. The topological polar surface area (TPSA) is 45.2 Å². The fraction of sp³-hybridized carbons (Fsp3) is 0.625. The van der Waals surface area contributed by atoms with E-state index in [1.807, 2.05) is 0 Å². The number of carbonyl (C=O) groups excluding carboxylic acids is 1. The van der Waals surface area contributed by atoms with Gasteiger partial charge in [-0.3, -0.25) is 4.79 Å². The van der Waals surface area contributed by atoms with Gasteiger partial charge < -0.3 is 10.2 Å². The number of piperidine rings is 1. The number of nitrogens with one attached hydrogen (secondary N) is 1. The summed E-state index contributed by atoms with van der Waals surface area (Å²) in [6, 6.07) is 2.42. The summed E-state index contributed by atoms with van der Waals surface area (Å²) in [7, 11) is 0. The first-order valence-corrected chi connectivity index (χ1v) is 7.90. The molecule has 2 fully saturated rings. The molecule has 2 aliphatic rings. The van der Waals surface area contributed by atoms with Crippen LogP contribution in [-0.4, -0.2) is 35.4 Å². The van der Waals surface area contributed by atoms with E-state index in [2.05, 4.69) is 10.3 Å². The van der Waals surface area contributed by atoms with Crippen LogP contribution in [0.1, 0.15) is 37.7 Å². The quantitative estimate of drug-likeness (QED) is 0.863. The Kier molecular flexibility index (Phi) is 4.21. The van der Waals surface area contributed by atoms with E-state index in [1.165, 1.54) is 25.3 Å². The minimum atomic E-state index is -4.38. The third-order valence-corrected chi connectivity index (χ3v) is 5.20. The zero-order valence-corrected chi connectivity index (χ0v) is 12.8. The van der Waals surface area contributed by atoms with Crippen molar-refractivity contribution in [2.75, 3.05) is 18.4 Å². The van der Waals surface area contributed by atoms with E-state index in [0.29, 0.717) is 17.8 Å². The van der Waals surface area contributed by atoms with E-state index in [9.17, 15) is 18.0 Å². The van der Waals surface area contributed by atoms with Gasteiger partial charge in [0.05, 0.1) is 5.56 Å². The summed E-state index contributed by atoms with van der Waals surface area (Å²) in [5.74, 6) is 0.400. The third-order valence-electron chi connectivity index (χ3n) is 5.20. The Balaban J connectivity index is 1.60. The normalized spacial score (nSPS) is 23.4. The Labute approximate surface area is 133 Å². The Morgan fingerprint density at radius 3 is 2.65 bits per heavy atom. The van der Waals surface area contributed by atoms with Crippen molar-refractivity contribution in [3.63, 3.8) is 0 Å². The van der Waals surface area contributed by atoms with Crippen molar-refractivity contribution in [2.45, 2.75) is 44.3 Å². The molecular formula is C16H20F3N3O. The van der Waals surface area contributed by atoms with Crippen LogP contribution in [0, 0.1) is 5.41 Å². The maximum atomic E-state index is 12.5. The summed E-state index contributed by atoms with van der Waals surface area (Å²) in [5, 5.41) is 3.06. The number of carbonyl (C=O) groups is 1. The van der Waals surface area contributed by atoms with E-state index in [1.54, 1.807) is 4.90 Å². The predicted molar refractivity (Wildman–Crippen MR) is 79.8 cm³/mol. The summed E-state index contributed by atoms with van der Waals surface area (Å²) in [5.41, 5.74) is -0.386. The molecule has 3 rings (SSSR count). The first kappa shape index (κ1) is 16.1. The molecule has 0 aromatic carbocycles. The second-order valence-electron chi connectivity index (χ2n) is 6.62. The molecule has 23 heavy (non-hydrogen) atoms. The van der Waals surface area contributed by atoms with Crippen LogP contribution in [0.4, 0.5) is 19.0 Å². The molecule has 126 valence electrons. The zero-order valence-electron chi connectivity index (χ0n) is 12.8. The van der Waals surface area contributed by atoms with Gasteiger partial charge in [-0.1, -0.05) is 6.42 Å². The largest absolute Gasteiger partial charge is 0.417 e. The van der Waals surface area contributed by atoms with Crippen LogP contribution < -0.4 is 5.32 Å². The van der Waals surface area contributed by atoms with Crippen molar-refractivity contribution in [3.8, 4) is 0 Å². The molecule has 1 aromatic rings. The second kappa shape index (κ2) is 6.02. The number of anilines is 1. The van der Waals surface area contributed by atoms with E-state index in [0.717, 1.165) is 38.1 Å². The number of hydrogen-bond donors (Lipinski definition) is 1. The van der Waals surface area contributed by atoms with Gasteiger partial charge in [0.25, 0.3) is 0 Å². The molecule has 2 heterocycles. The Bertz CT molecular complexity index is 555. The summed E-state index contributed by atoms with van der Waals surface area (Å²) in [6.45, 7) is 1.27. The van der Waals surface area contributed by atoms with Gasteiger partial charge >= 0.3 is 6.18 Å². The number of rotatable bonds is 4. The molecule has 0 radical (unpaired) electrons. The number of hydrogen-bond acceptors (Lipinski definition) is 3. The van der Waals surface area contributed by atoms with Gasteiger partial charge in [0.2, 0.25) is 6.41 Å². The number of nitrogens with zero attached hydrogens (tertiary/aromatic N) is 2. The molecule has 1 saturated heterocycles. The van der Waals surface area contributed by atoms with Crippen LogP contribution in [0.5, 0.6) is 0 Å². The summed E-state index contributed by atoms with van der Waals surface area (Å²) < 4.78 is 37.6. The number of amides is 1. The van der Waals surface area contributed by atoms with Crippen molar-refractivity contribution in [3.05, 3.63) is 23.9 Å². The van der Waals surface area contributed by atoms with Gasteiger partial charge in [0.1, 0.15) is 5.82 Å². The molecular weight excluding hydrogens is 307 g/mol. The van der Waals surface area contributed by atoms with Crippen molar-refractivity contribution in [1.29, 1.82) is 0 Å². The average molecular weight is 327 g/mol. The second-order valence-corrected chi connectivity index (χ2v) is 6.62. The fourth-order valence-corrected chi connectivity index (χ4v) is 3.62. The number of likely N-dealkylation sites (tertiary alicyclic amines) is 1. The molecule has 1 unspecified atom stereocenters. The zero-order chi connectivity index (χ0) is 16.5. The smallest absolute Gasteiger partial charge is 0.368 e. The standard InChI is InChI=1S/C16H20F3N3O/c17-16(18,19)12-2-3-14(20-9-12)21-10-13-8-15(4-1-5-15)6-7-22(13)11-23/h2-3,9,11,13H,1,4-8,10H2,(H,20,21). The minimum Gasteiger partial charge on any atom is -0.368 e. The highest BCUT2D eigenvalue weighted by molar-refractivity contribution is 5.48. The first-order chi connectivity index (χ1) is 10.9. The Morgan fingerprint density at radius 1 is 1.35 bits per heavy atom.